The van der Waals surface area contributed by atoms with E-state index in [2.05, 4.69) is 9.98 Å². The Bertz CT molecular complexity index is 936. The lowest BCUT2D eigenvalue weighted by Gasteiger charge is -2.06. The van der Waals surface area contributed by atoms with Gasteiger partial charge in [0, 0.05) is 12.4 Å². The molecule has 0 bridgehead atoms. The molecule has 7 nitrogen and oxygen atoms in total. The summed E-state index contributed by atoms with van der Waals surface area (Å²) in [5.74, 6) is -0.489. The molecule has 1 aromatic heterocycles. The highest BCUT2D eigenvalue weighted by Gasteiger charge is 2.30. The smallest absolute Gasteiger partial charge is 0.306 e. The maximum absolute atomic E-state index is 12.5. The van der Waals surface area contributed by atoms with Crippen LogP contribution in [0.4, 0.5) is 5.13 Å². The maximum atomic E-state index is 12.5. The van der Waals surface area contributed by atoms with Crippen LogP contribution in [-0.2, 0) is 9.59 Å². The lowest BCUT2D eigenvalue weighted by atomic mass is 10.2. The van der Waals surface area contributed by atoms with Crippen LogP contribution in [0.5, 0.6) is 5.75 Å². The number of carboxylic acids is 1. The zero-order chi connectivity index (χ0) is 19.4. The molecule has 0 unspecified atom stereocenters. The van der Waals surface area contributed by atoms with Gasteiger partial charge in [-0.2, -0.15) is 4.99 Å². The third kappa shape index (κ3) is 4.95. The molecular weight excluding hydrogens is 386 g/mol. The number of hydrogen-bond donors (Lipinski definition) is 1. The Hall–Kier alpha value is -2.65. The number of benzene rings is 1. The highest BCUT2D eigenvalue weighted by atomic mass is 32.2. The predicted octanol–water partition coefficient (Wildman–Crippen LogP) is 3.54. The third-order valence-corrected chi connectivity index (χ3v) is 5.45. The number of aryl methyl sites for hydroxylation is 1. The van der Waals surface area contributed by atoms with E-state index in [4.69, 9.17) is 9.84 Å². The fraction of sp³-hybridized carbons (Fsp3) is 0.222. The molecule has 1 saturated heterocycles. The molecule has 2 aromatic rings. The highest BCUT2D eigenvalue weighted by Crippen LogP contribution is 2.34. The van der Waals surface area contributed by atoms with Crippen molar-refractivity contribution >= 4 is 51.4 Å². The lowest BCUT2D eigenvalue weighted by Crippen LogP contribution is -2.23. The lowest BCUT2D eigenvalue weighted by molar-refractivity contribution is -0.137. The van der Waals surface area contributed by atoms with Crippen LogP contribution in [-0.4, -0.2) is 45.7 Å². The van der Waals surface area contributed by atoms with E-state index in [1.807, 2.05) is 18.4 Å². The molecule has 1 aliphatic rings. The summed E-state index contributed by atoms with van der Waals surface area (Å²) in [5, 5.41) is 11.8. The van der Waals surface area contributed by atoms with Gasteiger partial charge in [0.1, 0.15) is 5.75 Å². The minimum Gasteiger partial charge on any atom is -0.493 e. The monoisotopic (exact) mass is 403 g/mol. The number of carboxylic acid groups (broad SMARTS) is 1. The Morgan fingerprint density at radius 1 is 1.44 bits per heavy atom. The first-order valence-electron chi connectivity index (χ1n) is 8.05. The van der Waals surface area contributed by atoms with Crippen molar-refractivity contribution in [1.82, 2.24) is 9.88 Å². The number of thiazole rings is 1. The number of hydrogen-bond acceptors (Lipinski definition) is 7. The third-order valence-electron chi connectivity index (χ3n) is 3.54. The molecule has 140 valence electrons. The van der Waals surface area contributed by atoms with Gasteiger partial charge >= 0.3 is 5.97 Å². The Morgan fingerprint density at radius 2 is 2.26 bits per heavy atom. The highest BCUT2D eigenvalue weighted by molar-refractivity contribution is 8.18. The van der Waals surface area contributed by atoms with Crippen LogP contribution >= 0.6 is 23.1 Å². The molecule has 3 rings (SSSR count). The minimum absolute atomic E-state index is 0.0689. The summed E-state index contributed by atoms with van der Waals surface area (Å²) in [6, 6.07) is 7.16. The summed E-state index contributed by atoms with van der Waals surface area (Å²) in [6.45, 7) is 1.99. The van der Waals surface area contributed by atoms with E-state index < -0.39 is 5.97 Å². The van der Waals surface area contributed by atoms with Gasteiger partial charge in [0.2, 0.25) is 5.13 Å². The number of aromatic nitrogens is 1. The van der Waals surface area contributed by atoms with Crippen molar-refractivity contribution in [2.45, 2.75) is 13.3 Å². The minimum atomic E-state index is -0.911. The van der Waals surface area contributed by atoms with Gasteiger partial charge in [0.15, 0.2) is 5.17 Å². The summed E-state index contributed by atoms with van der Waals surface area (Å²) in [5.41, 5.74) is 1.69. The maximum Gasteiger partial charge on any atom is 0.306 e. The number of carbonyl (C=O) groups excluding carboxylic acids is 1. The molecular formula is C18H17N3O4S2. The van der Waals surface area contributed by atoms with E-state index >= 15 is 0 Å². The van der Waals surface area contributed by atoms with Crippen molar-refractivity contribution in [1.29, 1.82) is 0 Å². The summed E-state index contributed by atoms with van der Waals surface area (Å²) in [4.78, 5) is 33.9. The van der Waals surface area contributed by atoms with Gasteiger partial charge in [-0.15, -0.1) is 11.3 Å². The second-order valence-corrected chi connectivity index (χ2v) is 7.55. The largest absolute Gasteiger partial charge is 0.493 e. The molecule has 0 atom stereocenters. The van der Waals surface area contributed by atoms with E-state index in [0.717, 1.165) is 11.3 Å². The molecule has 27 heavy (non-hydrogen) atoms. The van der Waals surface area contributed by atoms with Crippen LogP contribution < -0.4 is 4.74 Å². The van der Waals surface area contributed by atoms with Crippen molar-refractivity contribution < 1.29 is 19.4 Å². The molecule has 1 aromatic carbocycles. The predicted molar refractivity (Wildman–Crippen MR) is 106 cm³/mol. The van der Waals surface area contributed by atoms with E-state index in [0.29, 0.717) is 21.0 Å². The van der Waals surface area contributed by atoms with Crippen LogP contribution in [0.1, 0.15) is 17.7 Å². The zero-order valence-corrected chi connectivity index (χ0v) is 16.3. The average molecular weight is 403 g/mol. The second-order valence-electron chi connectivity index (χ2n) is 5.71. The van der Waals surface area contributed by atoms with Gasteiger partial charge in [-0.05, 0) is 42.5 Å². The summed E-state index contributed by atoms with van der Waals surface area (Å²) < 4.78 is 5.43. The van der Waals surface area contributed by atoms with Crippen LogP contribution in [0, 0.1) is 6.92 Å². The number of carbonyl (C=O) groups is 2. The van der Waals surface area contributed by atoms with Gasteiger partial charge in [0.25, 0.3) is 5.91 Å². The Labute approximate surface area is 164 Å². The zero-order valence-electron chi connectivity index (χ0n) is 14.7. The van der Waals surface area contributed by atoms with Crippen molar-refractivity contribution in [3.8, 4) is 5.75 Å². The second kappa shape index (κ2) is 8.36. The standard InChI is InChI=1S/C18H17N3O4S2/c1-11-10-26-17(19-11)20-18-21(2)16(24)14(27-18)9-12-4-3-5-13(8-12)25-7-6-15(22)23/h3-5,8-10H,6-7H2,1-2H3,(H,22,23)/b14-9+,20-18+. The molecule has 1 aliphatic heterocycles. The number of thioether (sulfide) groups is 1. The van der Waals surface area contributed by atoms with Gasteiger partial charge in [-0.25, -0.2) is 4.98 Å². The molecule has 2 heterocycles. The van der Waals surface area contributed by atoms with E-state index in [9.17, 15) is 9.59 Å². The fourth-order valence-corrected chi connectivity index (χ4v) is 3.92. The average Bonchev–Trinajstić information content (AvgIpc) is 3.14. The number of rotatable bonds is 6. The molecule has 1 N–H and O–H groups in total. The van der Waals surface area contributed by atoms with Crippen molar-refractivity contribution in [3.63, 3.8) is 0 Å². The topological polar surface area (TPSA) is 92.1 Å². The number of aliphatic imine (C=N–C) groups is 1. The summed E-state index contributed by atoms with van der Waals surface area (Å²) in [7, 11) is 1.68. The first-order valence-corrected chi connectivity index (χ1v) is 9.75. The van der Waals surface area contributed by atoms with Crippen LogP contribution in [0.2, 0.25) is 0 Å². The SMILES string of the molecule is Cc1csc(/N=C2/S/C(=C/c3cccc(OCCC(=O)O)c3)C(=O)N2C)n1. The molecule has 0 saturated carbocycles. The number of nitrogens with zero attached hydrogens (tertiary/aromatic N) is 3. The summed E-state index contributed by atoms with van der Waals surface area (Å²) >= 11 is 2.72. The first-order chi connectivity index (χ1) is 12.9. The van der Waals surface area contributed by atoms with Gasteiger partial charge in [-0.1, -0.05) is 12.1 Å². The van der Waals surface area contributed by atoms with Crippen molar-refractivity contribution in [2.75, 3.05) is 13.7 Å². The molecule has 9 heteroatoms. The van der Waals surface area contributed by atoms with Crippen LogP contribution in [0.15, 0.2) is 39.5 Å². The van der Waals surface area contributed by atoms with Gasteiger partial charge in [-0.3, -0.25) is 14.5 Å². The first kappa shape index (κ1) is 19.1. The summed E-state index contributed by atoms with van der Waals surface area (Å²) in [6.07, 6.45) is 1.70. The Morgan fingerprint density at radius 3 is 2.96 bits per heavy atom. The molecule has 0 radical (unpaired) electrons. The molecule has 0 aliphatic carbocycles. The molecule has 0 spiro atoms. The number of amidine groups is 1. The normalized spacial score (nSPS) is 17.1. The van der Waals surface area contributed by atoms with Crippen molar-refractivity contribution in [3.05, 3.63) is 45.8 Å². The van der Waals surface area contributed by atoms with Crippen molar-refractivity contribution in [2.24, 2.45) is 4.99 Å². The van der Waals surface area contributed by atoms with E-state index in [-0.39, 0.29) is 18.9 Å². The van der Waals surface area contributed by atoms with E-state index in [1.54, 1.807) is 31.3 Å². The molecule has 1 fully saturated rings. The number of aliphatic carboxylic acids is 1. The van der Waals surface area contributed by atoms with Crippen LogP contribution in [0.3, 0.4) is 0 Å². The fourth-order valence-electron chi connectivity index (χ4n) is 2.23. The quantitative estimate of drug-likeness (QED) is 0.742. The number of amides is 1. The Balaban J connectivity index is 1.76. The van der Waals surface area contributed by atoms with Gasteiger partial charge in [0.05, 0.1) is 23.6 Å². The number of likely N-dealkylation sites (N-methyl/N-ethyl adjacent to an activating group) is 1. The molecule has 1 amide bonds. The van der Waals surface area contributed by atoms with Gasteiger partial charge < -0.3 is 9.84 Å². The Kier molecular flexibility index (Phi) is 5.92. The van der Waals surface area contributed by atoms with E-state index in [1.165, 1.54) is 28.0 Å². The van der Waals surface area contributed by atoms with Crippen LogP contribution in [0.25, 0.3) is 6.08 Å². The number of ether oxygens (including phenoxy) is 1.